The van der Waals surface area contributed by atoms with Crippen molar-refractivity contribution < 1.29 is 22.4 Å². The van der Waals surface area contributed by atoms with Gasteiger partial charge in [-0.25, -0.2) is 0 Å². The maximum Gasteiger partial charge on any atom is 0.416 e. The smallest absolute Gasteiger partial charge is 0.416 e. The van der Waals surface area contributed by atoms with Crippen molar-refractivity contribution in [2.75, 3.05) is 11.9 Å². The van der Waals surface area contributed by atoms with Gasteiger partial charge in [0.2, 0.25) is 0 Å². The van der Waals surface area contributed by atoms with Gasteiger partial charge in [0.15, 0.2) is 11.5 Å². The van der Waals surface area contributed by atoms with E-state index in [0.29, 0.717) is 51.5 Å². The topological polar surface area (TPSA) is 60.1 Å². The van der Waals surface area contributed by atoms with Gasteiger partial charge in [-0.3, -0.25) is 9.48 Å². The Hall–Kier alpha value is -3.26. The number of benzene rings is 2. The minimum Gasteiger partial charge on any atom is -0.463 e. The molecule has 2 heterocycles. The molecule has 5 nitrogen and oxygen atoms in total. The van der Waals surface area contributed by atoms with Gasteiger partial charge in [0.05, 0.1) is 17.4 Å². The third-order valence-electron chi connectivity index (χ3n) is 7.07. The van der Waals surface area contributed by atoms with Crippen molar-refractivity contribution in [1.82, 2.24) is 9.78 Å². The molecule has 0 aliphatic heterocycles. The molecule has 37 heavy (non-hydrogen) atoms. The van der Waals surface area contributed by atoms with Crippen LogP contribution < -0.4 is 5.32 Å². The molecule has 0 amide bonds. The first kappa shape index (κ1) is 25.4. The zero-order chi connectivity index (χ0) is 26.2. The fraction of sp³-hybridized carbons (Fsp3) is 0.357. The first-order chi connectivity index (χ1) is 17.7. The van der Waals surface area contributed by atoms with Crippen molar-refractivity contribution in [3.05, 3.63) is 71.1 Å². The highest BCUT2D eigenvalue weighted by molar-refractivity contribution is 6.31. The van der Waals surface area contributed by atoms with E-state index in [4.69, 9.17) is 16.0 Å². The van der Waals surface area contributed by atoms with Gasteiger partial charge in [0, 0.05) is 42.3 Å². The van der Waals surface area contributed by atoms with E-state index >= 15 is 0 Å². The second-order valence-electron chi connectivity index (χ2n) is 9.84. The molecule has 1 saturated carbocycles. The Morgan fingerprint density at radius 1 is 1.19 bits per heavy atom. The summed E-state index contributed by atoms with van der Waals surface area (Å²) in [5.41, 5.74) is 0.816. The predicted octanol–water partition coefficient (Wildman–Crippen LogP) is 8.00. The van der Waals surface area contributed by atoms with Crippen LogP contribution in [0.5, 0.6) is 0 Å². The van der Waals surface area contributed by atoms with Crippen LogP contribution in [0.2, 0.25) is 5.02 Å². The Morgan fingerprint density at radius 3 is 2.76 bits per heavy atom. The molecule has 1 fully saturated rings. The fourth-order valence-corrected chi connectivity index (χ4v) is 5.50. The highest BCUT2D eigenvalue weighted by Gasteiger charge is 2.32. The van der Waals surface area contributed by atoms with Crippen molar-refractivity contribution in [3.8, 4) is 11.5 Å². The average molecular weight is 530 g/mol. The molecule has 0 bridgehead atoms. The van der Waals surface area contributed by atoms with Crippen LogP contribution in [0.25, 0.3) is 22.2 Å². The number of aromatic nitrogens is 2. The van der Waals surface area contributed by atoms with E-state index < -0.39 is 11.7 Å². The Kier molecular flexibility index (Phi) is 7.03. The predicted molar refractivity (Wildman–Crippen MR) is 138 cm³/mol. The van der Waals surface area contributed by atoms with Crippen LogP contribution in [0.4, 0.5) is 18.9 Å². The molecule has 2 atom stereocenters. The number of carbonyl (C=O) groups excluding carboxylic acids is 1. The van der Waals surface area contributed by atoms with Crippen LogP contribution in [0.3, 0.4) is 0 Å². The van der Waals surface area contributed by atoms with Crippen LogP contribution >= 0.6 is 11.6 Å². The lowest BCUT2D eigenvalue weighted by Gasteiger charge is -2.29. The molecule has 2 aromatic heterocycles. The van der Waals surface area contributed by atoms with Gasteiger partial charge >= 0.3 is 6.18 Å². The lowest BCUT2D eigenvalue weighted by atomic mass is 9.78. The standard InChI is InChI=1S/C28H27ClF3N3O2/c1-35-16-23(27(34-35)26-6-3-9-37-26)25(36)11-17-4-2-5-18(10-17)15-33-24-13-20(28(30,31)32)12-19-7-8-21(29)14-22(19)24/h3,6-9,12-14,16-18,33H,2,4-5,10-11,15H2,1H3/t17-,18?/m1/s1. The van der Waals surface area contributed by atoms with Crippen LogP contribution in [0, 0.1) is 11.8 Å². The second kappa shape index (κ2) is 10.2. The normalized spacial score (nSPS) is 18.3. The molecule has 5 rings (SSSR count). The van der Waals surface area contributed by atoms with Gasteiger partial charge in [-0.05, 0) is 72.9 Å². The average Bonchev–Trinajstić information content (AvgIpc) is 3.52. The van der Waals surface area contributed by atoms with E-state index in [2.05, 4.69) is 10.4 Å². The number of hydrogen-bond acceptors (Lipinski definition) is 4. The Morgan fingerprint density at radius 2 is 2.00 bits per heavy atom. The van der Waals surface area contributed by atoms with E-state index in [1.807, 2.05) is 0 Å². The summed E-state index contributed by atoms with van der Waals surface area (Å²) in [6.45, 7) is 0.526. The summed E-state index contributed by atoms with van der Waals surface area (Å²) in [5.74, 6) is 1.03. The highest BCUT2D eigenvalue weighted by Crippen LogP contribution is 2.38. The zero-order valence-electron chi connectivity index (χ0n) is 20.3. The number of ketones is 1. The van der Waals surface area contributed by atoms with Crippen molar-refractivity contribution in [2.45, 2.75) is 38.3 Å². The third kappa shape index (κ3) is 5.69. The molecule has 194 valence electrons. The minimum absolute atomic E-state index is 0.0247. The molecule has 9 heteroatoms. The summed E-state index contributed by atoms with van der Waals surface area (Å²) in [5, 5.41) is 9.28. The third-order valence-corrected chi connectivity index (χ3v) is 7.31. The molecule has 0 radical (unpaired) electrons. The zero-order valence-corrected chi connectivity index (χ0v) is 21.1. The molecule has 0 spiro atoms. The molecule has 0 saturated heterocycles. The Labute approximate surface area is 217 Å². The van der Waals surface area contributed by atoms with Gasteiger partial charge in [-0.15, -0.1) is 0 Å². The van der Waals surface area contributed by atoms with E-state index in [1.54, 1.807) is 54.5 Å². The summed E-state index contributed by atoms with van der Waals surface area (Å²) < 4.78 is 47.6. The number of Topliss-reactive ketones (excluding diaryl/α,β-unsaturated/α-hetero) is 1. The number of rotatable bonds is 7. The van der Waals surface area contributed by atoms with Gasteiger partial charge < -0.3 is 9.73 Å². The van der Waals surface area contributed by atoms with Crippen molar-refractivity contribution in [3.63, 3.8) is 0 Å². The number of furan rings is 1. The summed E-state index contributed by atoms with van der Waals surface area (Å²) in [4.78, 5) is 13.2. The first-order valence-electron chi connectivity index (χ1n) is 12.3. The van der Waals surface area contributed by atoms with E-state index in [0.717, 1.165) is 37.8 Å². The highest BCUT2D eigenvalue weighted by atomic mass is 35.5. The lowest BCUT2D eigenvalue weighted by molar-refractivity contribution is -0.137. The van der Waals surface area contributed by atoms with E-state index in [9.17, 15) is 18.0 Å². The quantitative estimate of drug-likeness (QED) is 0.246. The van der Waals surface area contributed by atoms with Crippen LogP contribution in [-0.4, -0.2) is 22.1 Å². The number of nitrogens with zero attached hydrogens (tertiary/aromatic N) is 2. The summed E-state index contributed by atoms with van der Waals surface area (Å²) in [6.07, 6.45) is 2.94. The number of hydrogen-bond donors (Lipinski definition) is 1. The number of nitrogens with one attached hydrogen (secondary N) is 1. The molecule has 2 aromatic carbocycles. The van der Waals surface area contributed by atoms with E-state index in [-0.39, 0.29) is 17.6 Å². The number of fused-ring (bicyclic) bond motifs is 1. The van der Waals surface area contributed by atoms with Crippen molar-refractivity contribution in [1.29, 1.82) is 0 Å². The molecule has 1 aliphatic rings. The number of aryl methyl sites for hydroxylation is 1. The molecule has 1 N–H and O–H groups in total. The molecule has 4 aromatic rings. The minimum atomic E-state index is -4.44. The van der Waals surface area contributed by atoms with Crippen molar-refractivity contribution in [2.24, 2.45) is 18.9 Å². The molecular formula is C28H27ClF3N3O2. The van der Waals surface area contributed by atoms with Crippen LogP contribution in [-0.2, 0) is 13.2 Å². The first-order valence-corrected chi connectivity index (χ1v) is 12.7. The van der Waals surface area contributed by atoms with Gasteiger partial charge in [-0.2, -0.15) is 18.3 Å². The summed E-state index contributed by atoms with van der Waals surface area (Å²) in [6, 6.07) is 10.7. The Bertz CT molecular complexity index is 1410. The van der Waals surface area contributed by atoms with Crippen LogP contribution in [0.15, 0.2) is 59.3 Å². The molecular weight excluding hydrogens is 503 g/mol. The summed E-state index contributed by atoms with van der Waals surface area (Å²) in [7, 11) is 1.77. The molecule has 1 aliphatic carbocycles. The number of alkyl halides is 3. The lowest BCUT2D eigenvalue weighted by Crippen LogP contribution is -2.24. The largest absolute Gasteiger partial charge is 0.463 e. The van der Waals surface area contributed by atoms with Crippen molar-refractivity contribution >= 4 is 33.8 Å². The maximum absolute atomic E-state index is 13.5. The van der Waals surface area contributed by atoms with Gasteiger partial charge in [0.25, 0.3) is 0 Å². The SMILES string of the molecule is Cn1cc(C(=O)C[C@@H]2CCCC(CNc3cc(C(F)(F)F)cc4ccc(Cl)cc34)C2)c(-c2ccco2)n1. The maximum atomic E-state index is 13.5. The monoisotopic (exact) mass is 529 g/mol. The fourth-order valence-electron chi connectivity index (χ4n) is 5.33. The molecule has 1 unspecified atom stereocenters. The van der Waals surface area contributed by atoms with Crippen LogP contribution in [0.1, 0.15) is 48.0 Å². The second-order valence-corrected chi connectivity index (χ2v) is 10.3. The summed E-state index contributed by atoms with van der Waals surface area (Å²) >= 11 is 6.14. The number of carbonyl (C=O) groups is 1. The van der Waals surface area contributed by atoms with Gasteiger partial charge in [0.1, 0.15) is 5.69 Å². The number of halogens is 4. The Balaban J connectivity index is 1.28. The number of anilines is 1. The van der Waals surface area contributed by atoms with E-state index in [1.165, 1.54) is 0 Å². The van der Waals surface area contributed by atoms with Gasteiger partial charge in [-0.1, -0.05) is 24.1 Å².